The van der Waals surface area contributed by atoms with E-state index in [4.69, 9.17) is 9.47 Å². The van der Waals surface area contributed by atoms with Crippen LogP contribution in [0.2, 0.25) is 0 Å². The number of carbonyl (C=O) groups is 2. The highest BCUT2D eigenvalue weighted by atomic mass is 16.6. The molecule has 0 unspecified atom stereocenters. The molecule has 5 rings (SSSR count). The number of urea groups is 1. The molecule has 3 amide bonds. The highest BCUT2D eigenvalue weighted by Crippen LogP contribution is 2.36. The molecule has 0 aliphatic carbocycles. The highest BCUT2D eigenvalue weighted by Gasteiger charge is 2.49. The lowest BCUT2D eigenvalue weighted by atomic mass is 9.91. The molecule has 1 aromatic heterocycles. The normalized spacial score (nSPS) is 20.5. The van der Waals surface area contributed by atoms with E-state index in [2.05, 4.69) is 15.6 Å². The molecule has 3 heterocycles. The van der Waals surface area contributed by atoms with Crippen LogP contribution >= 0.6 is 0 Å². The zero-order valence-electron chi connectivity index (χ0n) is 16.0. The summed E-state index contributed by atoms with van der Waals surface area (Å²) in [5, 5.41) is 10.9. The van der Waals surface area contributed by atoms with Crippen molar-refractivity contribution in [2.45, 2.75) is 19.1 Å². The van der Waals surface area contributed by atoms with E-state index >= 15 is 0 Å². The van der Waals surface area contributed by atoms with Crippen molar-refractivity contribution in [2.24, 2.45) is 0 Å². The first-order valence-corrected chi connectivity index (χ1v) is 9.34. The van der Waals surface area contributed by atoms with Gasteiger partial charge in [0.25, 0.3) is 11.5 Å². The van der Waals surface area contributed by atoms with Crippen molar-refractivity contribution >= 4 is 22.8 Å². The number of fused-ring (bicyclic) bond motifs is 2. The summed E-state index contributed by atoms with van der Waals surface area (Å²) in [6, 6.07) is 11.2. The number of nitrogens with zero attached hydrogens (tertiary/aromatic N) is 4. The Morgan fingerprint density at radius 1 is 1.07 bits per heavy atom. The van der Waals surface area contributed by atoms with Crippen LogP contribution in [-0.2, 0) is 17.0 Å². The molecule has 0 bridgehead atoms. The first-order chi connectivity index (χ1) is 14.5. The maximum atomic E-state index is 13.2. The molecular formula is C20H17N5O5. The van der Waals surface area contributed by atoms with Gasteiger partial charge in [0.05, 0.1) is 5.39 Å². The minimum atomic E-state index is -1.32. The van der Waals surface area contributed by atoms with Gasteiger partial charge in [0.1, 0.15) is 30.9 Å². The standard InChI is InChI=1S/C20H17N5O5/c1-20(12-6-7-15-16(10-12)30-9-8-29-15)18(27)24(19(28)21-20)11-25-17(26)13-4-2-3-5-14(13)22-23-25/h2-7,10H,8-9,11H2,1H3,(H,21,28)/t20-/m1/s1. The largest absolute Gasteiger partial charge is 0.486 e. The van der Waals surface area contributed by atoms with E-state index in [9.17, 15) is 14.4 Å². The molecule has 10 nitrogen and oxygen atoms in total. The molecule has 30 heavy (non-hydrogen) atoms. The molecule has 1 atom stereocenters. The van der Waals surface area contributed by atoms with E-state index < -0.39 is 23.0 Å². The summed E-state index contributed by atoms with van der Waals surface area (Å²) in [5.74, 6) is 0.586. The van der Waals surface area contributed by atoms with Crippen LogP contribution < -0.4 is 20.3 Å². The monoisotopic (exact) mass is 407 g/mol. The van der Waals surface area contributed by atoms with Crippen molar-refractivity contribution in [3.63, 3.8) is 0 Å². The lowest BCUT2D eigenvalue weighted by molar-refractivity contribution is -0.132. The Balaban J connectivity index is 1.47. The molecule has 2 aliphatic rings. The van der Waals surface area contributed by atoms with Crippen molar-refractivity contribution in [3.05, 3.63) is 58.4 Å². The SMILES string of the molecule is C[C@]1(c2ccc3c(c2)OCCO3)NC(=O)N(Cn2nnc3ccccc3c2=O)C1=O. The fourth-order valence-electron chi connectivity index (χ4n) is 3.63. The number of hydrogen-bond acceptors (Lipinski definition) is 7. The molecule has 2 aromatic carbocycles. The van der Waals surface area contributed by atoms with Crippen LogP contribution in [0.5, 0.6) is 11.5 Å². The molecule has 1 N–H and O–H groups in total. The second-order valence-corrected chi connectivity index (χ2v) is 7.20. The van der Waals surface area contributed by atoms with E-state index in [1.165, 1.54) is 0 Å². The van der Waals surface area contributed by atoms with Gasteiger partial charge in [-0.1, -0.05) is 23.4 Å². The predicted molar refractivity (Wildman–Crippen MR) is 104 cm³/mol. The fourth-order valence-corrected chi connectivity index (χ4v) is 3.63. The Morgan fingerprint density at radius 3 is 2.67 bits per heavy atom. The first-order valence-electron chi connectivity index (χ1n) is 9.34. The summed E-state index contributed by atoms with van der Waals surface area (Å²) in [6.45, 7) is 2.12. The van der Waals surface area contributed by atoms with Gasteiger partial charge >= 0.3 is 6.03 Å². The zero-order chi connectivity index (χ0) is 20.9. The van der Waals surface area contributed by atoms with Gasteiger partial charge in [0, 0.05) is 0 Å². The molecule has 10 heteroatoms. The summed E-state index contributed by atoms with van der Waals surface area (Å²) in [4.78, 5) is 39.4. The third kappa shape index (κ3) is 2.68. The van der Waals surface area contributed by atoms with Crippen molar-refractivity contribution in [1.82, 2.24) is 25.2 Å². The lowest BCUT2D eigenvalue weighted by Crippen LogP contribution is -2.42. The van der Waals surface area contributed by atoms with Gasteiger partial charge in [-0.25, -0.2) is 9.69 Å². The van der Waals surface area contributed by atoms with Crippen molar-refractivity contribution in [1.29, 1.82) is 0 Å². The maximum Gasteiger partial charge on any atom is 0.326 e. The maximum absolute atomic E-state index is 13.2. The van der Waals surface area contributed by atoms with Gasteiger partial charge in [-0.2, -0.15) is 4.68 Å². The highest BCUT2D eigenvalue weighted by molar-refractivity contribution is 6.07. The van der Waals surface area contributed by atoms with E-state index in [1.807, 2.05) is 0 Å². The van der Waals surface area contributed by atoms with Gasteiger partial charge in [0.2, 0.25) is 0 Å². The number of benzene rings is 2. The Morgan fingerprint density at radius 2 is 1.83 bits per heavy atom. The quantitative estimate of drug-likeness (QED) is 0.644. The lowest BCUT2D eigenvalue weighted by Gasteiger charge is -2.25. The van der Waals surface area contributed by atoms with Crippen molar-refractivity contribution in [3.8, 4) is 11.5 Å². The number of hydrogen-bond donors (Lipinski definition) is 1. The smallest absolute Gasteiger partial charge is 0.326 e. The van der Waals surface area contributed by atoms with E-state index in [1.54, 1.807) is 49.4 Å². The number of carbonyl (C=O) groups excluding carboxylic acids is 2. The van der Waals surface area contributed by atoms with Gasteiger partial charge in [-0.05, 0) is 36.8 Å². The molecule has 2 aliphatic heterocycles. The van der Waals surface area contributed by atoms with Crippen LogP contribution in [0.25, 0.3) is 10.9 Å². The summed E-state index contributed by atoms with van der Waals surface area (Å²) in [7, 11) is 0. The van der Waals surface area contributed by atoms with E-state index in [0.717, 1.165) is 9.58 Å². The van der Waals surface area contributed by atoms with Crippen LogP contribution in [0.4, 0.5) is 4.79 Å². The minimum Gasteiger partial charge on any atom is -0.486 e. The average Bonchev–Trinajstić information content (AvgIpc) is 2.99. The Labute approximate surface area is 170 Å². The van der Waals surface area contributed by atoms with Gasteiger partial charge in [-0.15, -0.1) is 5.10 Å². The van der Waals surface area contributed by atoms with E-state index in [0.29, 0.717) is 41.2 Å². The molecule has 1 fully saturated rings. The van der Waals surface area contributed by atoms with Crippen molar-refractivity contribution in [2.75, 3.05) is 13.2 Å². The average molecular weight is 407 g/mol. The third-order valence-electron chi connectivity index (χ3n) is 5.30. The number of amides is 3. The van der Waals surface area contributed by atoms with Crippen LogP contribution in [0.15, 0.2) is 47.3 Å². The summed E-state index contributed by atoms with van der Waals surface area (Å²) in [5.41, 5.74) is -0.767. The van der Waals surface area contributed by atoms with Gasteiger partial charge in [0.15, 0.2) is 11.5 Å². The Kier molecular flexibility index (Phi) is 3.95. The Bertz CT molecular complexity index is 1260. The number of imide groups is 1. The van der Waals surface area contributed by atoms with Gasteiger partial charge < -0.3 is 14.8 Å². The molecule has 0 saturated carbocycles. The molecule has 1 saturated heterocycles. The molecular weight excluding hydrogens is 390 g/mol. The first kappa shape index (κ1) is 18.1. The zero-order valence-corrected chi connectivity index (χ0v) is 16.0. The second-order valence-electron chi connectivity index (χ2n) is 7.20. The van der Waals surface area contributed by atoms with Gasteiger partial charge in [-0.3, -0.25) is 9.59 Å². The topological polar surface area (TPSA) is 116 Å². The van der Waals surface area contributed by atoms with E-state index in [-0.39, 0.29) is 6.67 Å². The summed E-state index contributed by atoms with van der Waals surface area (Å²) < 4.78 is 12.1. The number of rotatable bonds is 3. The number of aromatic nitrogens is 3. The fraction of sp³-hybridized carbons (Fsp3) is 0.250. The van der Waals surface area contributed by atoms with Crippen LogP contribution in [0.1, 0.15) is 12.5 Å². The molecule has 3 aromatic rings. The van der Waals surface area contributed by atoms with Crippen molar-refractivity contribution < 1.29 is 19.1 Å². The number of nitrogens with one attached hydrogen (secondary N) is 1. The molecule has 0 radical (unpaired) electrons. The van der Waals surface area contributed by atoms with Crippen LogP contribution in [0, 0.1) is 0 Å². The second kappa shape index (κ2) is 6.55. The molecule has 0 spiro atoms. The summed E-state index contributed by atoms with van der Waals surface area (Å²) >= 11 is 0. The van der Waals surface area contributed by atoms with Crippen LogP contribution in [-0.4, -0.2) is 45.0 Å². The third-order valence-corrected chi connectivity index (χ3v) is 5.30. The molecule has 152 valence electrons. The minimum absolute atomic E-state index is 0.346. The Hall–Kier alpha value is -3.95. The number of ether oxygens (including phenoxy) is 2. The predicted octanol–water partition coefficient (Wildman–Crippen LogP) is 0.987. The van der Waals surface area contributed by atoms with Crippen LogP contribution in [0.3, 0.4) is 0 Å². The summed E-state index contributed by atoms with van der Waals surface area (Å²) in [6.07, 6.45) is 0.